The lowest BCUT2D eigenvalue weighted by Gasteiger charge is -2.20. The van der Waals surface area contributed by atoms with Crippen LogP contribution in [0.1, 0.15) is 5.56 Å². The van der Waals surface area contributed by atoms with Crippen LogP contribution in [0.2, 0.25) is 0 Å². The van der Waals surface area contributed by atoms with Gasteiger partial charge in [0.05, 0.1) is 0 Å². The van der Waals surface area contributed by atoms with Crippen molar-refractivity contribution >= 4 is 29.3 Å². The van der Waals surface area contributed by atoms with Gasteiger partial charge in [-0.1, -0.05) is 18.2 Å². The van der Waals surface area contributed by atoms with Crippen molar-refractivity contribution in [3.05, 3.63) is 35.9 Å². The fraction of sp³-hybridized carbons (Fsp3) is 0.308. The lowest BCUT2D eigenvalue weighted by atomic mass is 10.1. The molecule has 1 aliphatic rings. The minimum Gasteiger partial charge on any atom is -0.340 e. The minimum absolute atomic E-state index is 0. The molecule has 7 heteroatoms. The Hall–Kier alpha value is -1.92. The van der Waals surface area contributed by atoms with Crippen molar-refractivity contribution in [3.8, 4) is 0 Å². The molecule has 0 fully saturated rings. The molecule has 1 N–H and O–H groups in total. The highest BCUT2D eigenvalue weighted by Crippen LogP contribution is 2.13. The zero-order valence-electron chi connectivity index (χ0n) is 10.9. The van der Waals surface area contributed by atoms with E-state index in [0.29, 0.717) is 12.1 Å². The van der Waals surface area contributed by atoms with Crippen molar-refractivity contribution in [2.45, 2.75) is 12.6 Å². The summed E-state index contributed by atoms with van der Waals surface area (Å²) in [5.74, 6) is 0.0622. The third-order valence-electron chi connectivity index (χ3n) is 3.16. The summed E-state index contributed by atoms with van der Waals surface area (Å²) in [7, 11) is 1.79. The van der Waals surface area contributed by atoms with Crippen LogP contribution in [0.25, 0.3) is 11.0 Å². The molecule has 1 aromatic heterocycles. The number of aromatic nitrogens is 2. The molecule has 0 saturated heterocycles. The van der Waals surface area contributed by atoms with Gasteiger partial charge < -0.3 is 4.90 Å². The summed E-state index contributed by atoms with van der Waals surface area (Å²) < 4.78 is 4.65. The van der Waals surface area contributed by atoms with Crippen molar-refractivity contribution in [2.75, 3.05) is 13.6 Å². The molecule has 3 rings (SSSR count). The predicted molar refractivity (Wildman–Crippen MR) is 76.5 cm³/mol. The molecule has 20 heavy (non-hydrogen) atoms. The summed E-state index contributed by atoms with van der Waals surface area (Å²) in [4.78, 5) is 13.8. The number of carbonyl (C=O) groups is 1. The average Bonchev–Trinajstić information content (AvgIpc) is 3.08. The van der Waals surface area contributed by atoms with Gasteiger partial charge in [-0.3, -0.25) is 10.1 Å². The second-order valence-electron chi connectivity index (χ2n) is 4.60. The number of nitrogens with zero attached hydrogens (tertiary/aromatic N) is 3. The number of halogens is 1. The monoisotopic (exact) mass is 294 g/mol. The number of rotatable bonds is 3. The highest BCUT2D eigenvalue weighted by atomic mass is 35.5. The molecular formula is C13H15ClN4O2. The van der Waals surface area contributed by atoms with Crippen molar-refractivity contribution in [1.82, 2.24) is 20.5 Å². The number of amides is 1. The third-order valence-corrected chi connectivity index (χ3v) is 3.16. The van der Waals surface area contributed by atoms with E-state index in [0.717, 1.165) is 17.6 Å². The van der Waals surface area contributed by atoms with E-state index in [4.69, 9.17) is 0 Å². The topological polar surface area (TPSA) is 71.3 Å². The fourth-order valence-electron chi connectivity index (χ4n) is 2.15. The second kappa shape index (κ2) is 6.02. The molecule has 0 aliphatic carbocycles. The van der Waals surface area contributed by atoms with Gasteiger partial charge in [0.1, 0.15) is 17.1 Å². The van der Waals surface area contributed by atoms with Gasteiger partial charge in [0.25, 0.3) is 0 Å². The van der Waals surface area contributed by atoms with E-state index in [1.165, 1.54) is 0 Å². The molecule has 1 amide bonds. The molecule has 6 nitrogen and oxygen atoms in total. The summed E-state index contributed by atoms with van der Waals surface area (Å²) in [5.41, 5.74) is 2.43. The minimum atomic E-state index is -0.206. The van der Waals surface area contributed by atoms with Gasteiger partial charge in [-0.05, 0) is 28.0 Å². The predicted octanol–water partition coefficient (Wildman–Crippen LogP) is 1.13. The highest BCUT2D eigenvalue weighted by Gasteiger charge is 2.21. The van der Waals surface area contributed by atoms with Gasteiger partial charge in [-0.2, -0.15) is 0 Å². The summed E-state index contributed by atoms with van der Waals surface area (Å²) >= 11 is 0. The smallest absolute Gasteiger partial charge is 0.243 e. The van der Waals surface area contributed by atoms with Crippen molar-refractivity contribution in [1.29, 1.82) is 0 Å². The zero-order valence-corrected chi connectivity index (χ0v) is 11.8. The lowest BCUT2D eigenvalue weighted by molar-refractivity contribution is -0.131. The second-order valence-corrected chi connectivity index (χ2v) is 4.60. The van der Waals surface area contributed by atoms with Gasteiger partial charge in [0.2, 0.25) is 5.91 Å². The molecule has 1 atom stereocenters. The highest BCUT2D eigenvalue weighted by molar-refractivity contribution is 5.85. The van der Waals surface area contributed by atoms with E-state index in [9.17, 15) is 4.79 Å². The quantitative estimate of drug-likeness (QED) is 0.859. The number of carbonyl (C=O) groups excluding carboxylic acids is 1. The van der Waals surface area contributed by atoms with Gasteiger partial charge in [-0.15, -0.1) is 12.4 Å². The first-order chi connectivity index (χ1) is 9.24. The van der Waals surface area contributed by atoms with Crippen molar-refractivity contribution in [2.24, 2.45) is 0 Å². The maximum atomic E-state index is 12.1. The summed E-state index contributed by atoms with van der Waals surface area (Å²) in [6, 6.07) is 5.44. The molecular weight excluding hydrogens is 280 g/mol. The van der Waals surface area contributed by atoms with Crippen LogP contribution >= 0.6 is 12.4 Å². The molecule has 106 valence electrons. The summed E-state index contributed by atoms with van der Waals surface area (Å²) in [6.07, 6.45) is 3.85. The number of benzene rings is 1. The van der Waals surface area contributed by atoms with Gasteiger partial charge in [-0.25, -0.2) is 4.63 Å². The van der Waals surface area contributed by atoms with Crippen LogP contribution in [0, 0.1) is 0 Å². The van der Waals surface area contributed by atoms with E-state index in [1.54, 1.807) is 11.9 Å². The molecule has 2 aromatic rings. The van der Waals surface area contributed by atoms with Crippen molar-refractivity contribution < 1.29 is 9.42 Å². The number of nitrogens with one attached hydrogen (secondary N) is 1. The van der Waals surface area contributed by atoms with Crippen LogP contribution in [0.5, 0.6) is 0 Å². The summed E-state index contributed by atoms with van der Waals surface area (Å²) in [5, 5.41) is 10.7. The standard InChI is InChI=1S/C13H14N4O2.ClH/c1-17(13(18)11-3-2-6-14-11)8-9-4-5-10-12(7-9)16-19-15-10;/h2-5,7,11,14H,6,8H2,1H3;1H. The first-order valence-corrected chi connectivity index (χ1v) is 6.10. The average molecular weight is 295 g/mol. The maximum Gasteiger partial charge on any atom is 0.243 e. The molecule has 0 spiro atoms. The van der Waals surface area contributed by atoms with Crippen LogP contribution in [-0.2, 0) is 11.3 Å². The van der Waals surface area contributed by atoms with E-state index in [-0.39, 0.29) is 24.4 Å². The van der Waals surface area contributed by atoms with E-state index in [2.05, 4.69) is 20.3 Å². The molecule has 0 saturated carbocycles. The lowest BCUT2D eigenvalue weighted by Crippen LogP contribution is -2.41. The Kier molecular flexibility index (Phi) is 4.36. The van der Waals surface area contributed by atoms with Crippen LogP contribution in [0.4, 0.5) is 0 Å². The number of hydrogen-bond donors (Lipinski definition) is 1. The van der Waals surface area contributed by atoms with Crippen LogP contribution in [0.3, 0.4) is 0 Å². The Labute approximate surface area is 122 Å². The summed E-state index contributed by atoms with van der Waals surface area (Å²) in [6.45, 7) is 1.29. The van der Waals surface area contributed by atoms with Gasteiger partial charge in [0.15, 0.2) is 0 Å². The molecule has 1 aliphatic heterocycles. The maximum absolute atomic E-state index is 12.1. The Morgan fingerprint density at radius 3 is 3.00 bits per heavy atom. The van der Waals surface area contributed by atoms with Crippen molar-refractivity contribution in [3.63, 3.8) is 0 Å². The SMILES string of the molecule is CN(Cc1ccc2nonc2c1)C(=O)C1C=CCN1.Cl. The molecule has 0 radical (unpaired) electrons. The Morgan fingerprint density at radius 1 is 1.45 bits per heavy atom. The third kappa shape index (κ3) is 2.81. The van der Waals surface area contributed by atoms with Gasteiger partial charge in [0, 0.05) is 20.1 Å². The van der Waals surface area contributed by atoms with Gasteiger partial charge >= 0.3 is 0 Å². The number of fused-ring (bicyclic) bond motifs is 1. The Bertz CT molecular complexity index is 640. The van der Waals surface area contributed by atoms with Crippen LogP contribution in [-0.4, -0.2) is 40.8 Å². The van der Waals surface area contributed by atoms with Crippen LogP contribution < -0.4 is 5.32 Å². The first kappa shape index (κ1) is 14.5. The normalized spacial score (nSPS) is 17.1. The first-order valence-electron chi connectivity index (χ1n) is 6.10. The van der Waals surface area contributed by atoms with E-state index >= 15 is 0 Å². The van der Waals surface area contributed by atoms with E-state index in [1.807, 2.05) is 30.4 Å². The largest absolute Gasteiger partial charge is 0.340 e. The fourth-order valence-corrected chi connectivity index (χ4v) is 2.15. The van der Waals surface area contributed by atoms with E-state index < -0.39 is 0 Å². The molecule has 1 aromatic carbocycles. The van der Waals surface area contributed by atoms with Crippen LogP contribution in [0.15, 0.2) is 35.0 Å². The molecule has 2 heterocycles. The molecule has 1 unspecified atom stereocenters. The number of hydrogen-bond acceptors (Lipinski definition) is 5. The number of likely N-dealkylation sites (N-methyl/N-ethyl adjacent to an activating group) is 1. The zero-order chi connectivity index (χ0) is 13.2. The Balaban J connectivity index is 0.00000147. The molecule has 0 bridgehead atoms. The Morgan fingerprint density at radius 2 is 2.25 bits per heavy atom.